The zero-order chi connectivity index (χ0) is 34.9. The number of hydrogen-bond donors (Lipinski definition) is 0. The van der Waals surface area contributed by atoms with E-state index in [9.17, 15) is 0 Å². The lowest BCUT2D eigenvalue weighted by molar-refractivity contribution is 0.494. The SMILES string of the molecule is C/C=C\C=C/c1ccc(N(C)C(C)C(C)C)c(C)c1.CC.CCc1c(C)cc(C)cc1N1c2cc(C)c(C)cc2N(C)C1C(C)C. The van der Waals surface area contributed by atoms with Crippen molar-refractivity contribution >= 4 is 28.8 Å². The molecule has 2 atom stereocenters. The molecular weight excluding hydrogens is 558 g/mol. The molecule has 0 aromatic heterocycles. The Morgan fingerprint density at radius 2 is 1.37 bits per heavy atom. The molecule has 0 aliphatic carbocycles. The molecule has 1 heterocycles. The quantitative estimate of drug-likeness (QED) is 0.231. The number of hydrogen-bond acceptors (Lipinski definition) is 3. The summed E-state index contributed by atoms with van der Waals surface area (Å²) in [5.74, 6) is 1.18. The monoisotopic (exact) mass is 624 g/mol. The van der Waals surface area contributed by atoms with Crippen molar-refractivity contribution in [3.63, 3.8) is 0 Å². The molecule has 1 aliphatic rings. The molecule has 0 saturated heterocycles. The topological polar surface area (TPSA) is 9.72 Å². The van der Waals surface area contributed by atoms with Crippen molar-refractivity contribution in [2.45, 2.75) is 116 Å². The molecular formula is C43H65N3. The summed E-state index contributed by atoms with van der Waals surface area (Å²) in [5, 5.41) is 0. The highest BCUT2D eigenvalue weighted by Crippen LogP contribution is 2.48. The Labute approximate surface area is 284 Å². The van der Waals surface area contributed by atoms with Gasteiger partial charge in [-0.05, 0) is 136 Å². The molecule has 252 valence electrons. The Balaban J connectivity index is 0.000000315. The van der Waals surface area contributed by atoms with Crippen LogP contribution in [0.5, 0.6) is 0 Å². The summed E-state index contributed by atoms with van der Waals surface area (Å²) in [6.45, 7) is 30.9. The van der Waals surface area contributed by atoms with Crippen molar-refractivity contribution < 1.29 is 0 Å². The van der Waals surface area contributed by atoms with Gasteiger partial charge in [0.15, 0.2) is 0 Å². The highest BCUT2D eigenvalue weighted by Gasteiger charge is 2.38. The standard InChI is InChI=1S/C23H32N2.C18H27N.C2H6/c1-9-19-18(7)10-15(4)11-20(19)25-22-13-17(6)16(5)12-21(22)24(8)23(25)14(2)3;1-7-8-9-10-17-11-12-18(15(4)13-17)19(6)16(5)14(2)3;1-2/h10-14,23H,9H2,1-8H3;7-14,16H,1-6H3;1-2H3/b;8-7-,10-9-;. The Morgan fingerprint density at radius 1 is 0.761 bits per heavy atom. The number of benzene rings is 3. The number of allylic oxidation sites excluding steroid dienone is 3. The molecule has 0 saturated carbocycles. The van der Waals surface area contributed by atoms with Crippen molar-refractivity contribution in [2.24, 2.45) is 11.8 Å². The Kier molecular flexibility index (Phi) is 14.7. The van der Waals surface area contributed by atoms with Gasteiger partial charge in [0.05, 0.1) is 11.4 Å². The summed E-state index contributed by atoms with van der Waals surface area (Å²) in [5.41, 5.74) is 14.9. The summed E-state index contributed by atoms with van der Waals surface area (Å²) in [6.07, 6.45) is 9.72. The summed E-state index contributed by atoms with van der Waals surface area (Å²) >= 11 is 0. The lowest BCUT2D eigenvalue weighted by Crippen LogP contribution is -2.43. The zero-order valence-corrected chi connectivity index (χ0v) is 32.2. The van der Waals surface area contributed by atoms with Gasteiger partial charge in [0.1, 0.15) is 6.17 Å². The highest BCUT2D eigenvalue weighted by molar-refractivity contribution is 5.86. The van der Waals surface area contributed by atoms with Crippen molar-refractivity contribution in [2.75, 3.05) is 28.8 Å². The maximum absolute atomic E-state index is 2.59. The van der Waals surface area contributed by atoms with E-state index in [1.807, 2.05) is 26.8 Å². The first-order chi connectivity index (χ1) is 21.7. The fraction of sp³-hybridized carbons (Fsp3) is 0.488. The summed E-state index contributed by atoms with van der Waals surface area (Å²) in [4.78, 5) is 7.42. The van der Waals surface area contributed by atoms with Gasteiger partial charge in [-0.1, -0.05) is 84.9 Å². The van der Waals surface area contributed by atoms with E-state index in [0.29, 0.717) is 24.0 Å². The average molecular weight is 624 g/mol. The average Bonchev–Trinajstić information content (AvgIpc) is 3.28. The summed E-state index contributed by atoms with van der Waals surface area (Å²) < 4.78 is 0. The van der Waals surface area contributed by atoms with Crippen molar-refractivity contribution in [3.8, 4) is 0 Å². The molecule has 0 amide bonds. The van der Waals surface area contributed by atoms with Gasteiger partial charge in [0.2, 0.25) is 0 Å². The van der Waals surface area contributed by atoms with Crippen LogP contribution in [-0.2, 0) is 6.42 Å². The molecule has 3 aromatic rings. The Morgan fingerprint density at radius 3 is 1.89 bits per heavy atom. The van der Waals surface area contributed by atoms with Crippen LogP contribution in [0.3, 0.4) is 0 Å². The number of aryl methyl sites for hydroxylation is 5. The van der Waals surface area contributed by atoms with Gasteiger partial charge in [-0.2, -0.15) is 0 Å². The van der Waals surface area contributed by atoms with E-state index in [-0.39, 0.29) is 0 Å². The number of fused-ring (bicyclic) bond motifs is 1. The van der Waals surface area contributed by atoms with Crippen molar-refractivity contribution in [3.05, 3.63) is 99.6 Å². The fourth-order valence-corrected chi connectivity index (χ4v) is 6.51. The van der Waals surface area contributed by atoms with E-state index >= 15 is 0 Å². The maximum Gasteiger partial charge on any atom is 0.108 e. The van der Waals surface area contributed by atoms with E-state index < -0.39 is 0 Å². The second-order valence-electron chi connectivity index (χ2n) is 13.5. The van der Waals surface area contributed by atoms with Gasteiger partial charge < -0.3 is 14.7 Å². The second kappa shape index (κ2) is 17.5. The van der Waals surface area contributed by atoms with Gasteiger partial charge in [-0.3, -0.25) is 0 Å². The van der Waals surface area contributed by atoms with Crippen LogP contribution in [0.15, 0.2) is 60.7 Å². The molecule has 0 bridgehead atoms. The normalized spacial score (nSPS) is 14.9. The molecule has 2 unspecified atom stereocenters. The van der Waals surface area contributed by atoms with Crippen LogP contribution >= 0.6 is 0 Å². The van der Waals surface area contributed by atoms with Crippen LogP contribution in [0.1, 0.15) is 101 Å². The molecule has 0 spiro atoms. The van der Waals surface area contributed by atoms with Crippen LogP contribution < -0.4 is 14.7 Å². The molecule has 3 nitrogen and oxygen atoms in total. The fourth-order valence-electron chi connectivity index (χ4n) is 6.51. The van der Waals surface area contributed by atoms with E-state index in [0.717, 1.165) is 6.42 Å². The number of rotatable bonds is 8. The van der Waals surface area contributed by atoms with Crippen LogP contribution in [0.4, 0.5) is 22.7 Å². The smallest absolute Gasteiger partial charge is 0.108 e. The predicted octanol–water partition coefficient (Wildman–Crippen LogP) is 12.1. The number of nitrogens with zero attached hydrogens (tertiary/aromatic N) is 3. The third-order valence-corrected chi connectivity index (χ3v) is 9.46. The minimum Gasteiger partial charge on any atom is -0.371 e. The first kappa shape index (κ1) is 38.7. The van der Waals surface area contributed by atoms with Crippen LogP contribution in [-0.4, -0.2) is 26.3 Å². The lowest BCUT2D eigenvalue weighted by Gasteiger charge is -2.35. The molecule has 4 rings (SSSR count). The van der Waals surface area contributed by atoms with E-state index in [2.05, 4.69) is 166 Å². The molecule has 1 aliphatic heterocycles. The van der Waals surface area contributed by atoms with Crippen molar-refractivity contribution in [1.82, 2.24) is 0 Å². The summed E-state index contributed by atoms with van der Waals surface area (Å²) in [7, 11) is 4.43. The van der Waals surface area contributed by atoms with E-state index in [1.54, 1.807) is 0 Å². The highest BCUT2D eigenvalue weighted by atomic mass is 15.4. The molecule has 0 N–H and O–H groups in total. The third-order valence-electron chi connectivity index (χ3n) is 9.46. The van der Waals surface area contributed by atoms with Crippen molar-refractivity contribution in [1.29, 1.82) is 0 Å². The van der Waals surface area contributed by atoms with Gasteiger partial charge in [-0.25, -0.2) is 0 Å². The van der Waals surface area contributed by atoms with Gasteiger partial charge in [-0.15, -0.1) is 0 Å². The molecule has 0 radical (unpaired) electrons. The number of anilines is 4. The van der Waals surface area contributed by atoms with E-state index in [4.69, 9.17) is 0 Å². The second-order valence-corrected chi connectivity index (χ2v) is 13.5. The Hall–Kier alpha value is -3.46. The molecule has 3 aromatic carbocycles. The molecule has 3 heteroatoms. The lowest BCUT2D eigenvalue weighted by atomic mass is 9.98. The zero-order valence-electron chi connectivity index (χ0n) is 32.2. The van der Waals surface area contributed by atoms with Crippen LogP contribution in [0, 0.1) is 46.5 Å². The third kappa shape index (κ3) is 8.87. The largest absolute Gasteiger partial charge is 0.371 e. The van der Waals surface area contributed by atoms with Gasteiger partial charge in [0, 0.05) is 31.5 Å². The van der Waals surface area contributed by atoms with Crippen LogP contribution in [0.2, 0.25) is 0 Å². The van der Waals surface area contributed by atoms with Gasteiger partial charge >= 0.3 is 0 Å². The first-order valence-corrected chi connectivity index (χ1v) is 17.6. The predicted molar refractivity (Wildman–Crippen MR) is 209 cm³/mol. The van der Waals surface area contributed by atoms with E-state index in [1.165, 1.54) is 61.7 Å². The Bertz CT molecular complexity index is 1480. The molecule has 0 fully saturated rings. The van der Waals surface area contributed by atoms with Crippen LogP contribution in [0.25, 0.3) is 6.08 Å². The first-order valence-electron chi connectivity index (χ1n) is 17.6. The summed E-state index contributed by atoms with van der Waals surface area (Å²) in [6, 6.07) is 16.6. The minimum absolute atomic E-state index is 0.350. The molecule has 46 heavy (non-hydrogen) atoms. The van der Waals surface area contributed by atoms with Gasteiger partial charge in [0.25, 0.3) is 0 Å². The maximum atomic E-state index is 2.59. The minimum atomic E-state index is 0.350.